The molecule has 2 heterocycles. The van der Waals surface area contributed by atoms with Gasteiger partial charge in [0.2, 0.25) is 0 Å². The number of carboxylic acid groups (broad SMARTS) is 1. The van der Waals surface area contributed by atoms with Gasteiger partial charge in [-0.05, 0) is 60.4 Å². The molecule has 2 N–H and O–H groups in total. The van der Waals surface area contributed by atoms with E-state index in [0.717, 1.165) is 24.1 Å². The highest BCUT2D eigenvalue weighted by atomic mass is 35.5. The summed E-state index contributed by atoms with van der Waals surface area (Å²) in [4.78, 5) is 14.9. The van der Waals surface area contributed by atoms with Crippen LogP contribution in [0.1, 0.15) is 56.2 Å². The molecule has 0 radical (unpaired) electrons. The zero-order chi connectivity index (χ0) is 29.0. The molecule has 0 bridgehead atoms. The summed E-state index contributed by atoms with van der Waals surface area (Å²) in [5, 5.41) is 15.0. The van der Waals surface area contributed by atoms with Crippen molar-refractivity contribution in [3.63, 3.8) is 0 Å². The lowest BCUT2D eigenvalue weighted by Gasteiger charge is -2.58. The molecule has 3 aromatic carbocycles. The predicted octanol–water partition coefficient (Wildman–Crippen LogP) is 7.18. The largest absolute Gasteiger partial charge is 0.481 e. The van der Waals surface area contributed by atoms with E-state index in [1.807, 2.05) is 67.6 Å². The number of rotatable bonds is 9. The number of aliphatic carboxylic acids is 1. The molecule has 41 heavy (non-hydrogen) atoms. The summed E-state index contributed by atoms with van der Waals surface area (Å²) in [6, 6.07) is 25.4. The number of para-hydroxylation sites is 1. The Balaban J connectivity index is 1.73. The summed E-state index contributed by atoms with van der Waals surface area (Å²) in [5.41, 5.74) is 1.41. The molecule has 0 saturated carbocycles. The minimum Gasteiger partial charge on any atom is -0.481 e. The molecule has 0 spiro atoms. The van der Waals surface area contributed by atoms with E-state index >= 15 is 0 Å². The number of nitrogens with zero attached hydrogens (tertiary/aromatic N) is 1. The lowest BCUT2D eigenvalue weighted by atomic mass is 9.66. The Morgan fingerprint density at radius 3 is 2.46 bits per heavy atom. The first-order valence-corrected chi connectivity index (χ1v) is 15.1. The molecule has 2 fully saturated rings. The van der Waals surface area contributed by atoms with Crippen LogP contribution in [0.3, 0.4) is 0 Å². The van der Waals surface area contributed by atoms with E-state index in [4.69, 9.17) is 32.7 Å². The SMILES string of the molecule is CC[C@H]([C@@H]1CNCCO1)N1C(Oc2ccccc2)[C@@](C)(CC(=O)O)C[C@H](c2cccc(Cl)c2)[C@H]1c1ccc(Cl)cc1. The molecule has 5 rings (SSSR count). The third-order valence-electron chi connectivity index (χ3n) is 8.48. The van der Waals surface area contributed by atoms with Crippen molar-refractivity contribution >= 4 is 29.2 Å². The lowest BCUT2D eigenvalue weighted by molar-refractivity contribution is -0.184. The third-order valence-corrected chi connectivity index (χ3v) is 8.96. The van der Waals surface area contributed by atoms with Crippen LogP contribution in [-0.4, -0.2) is 54.0 Å². The van der Waals surface area contributed by atoms with E-state index in [-0.39, 0.29) is 30.5 Å². The smallest absolute Gasteiger partial charge is 0.304 e. The highest BCUT2D eigenvalue weighted by Crippen LogP contribution is 2.55. The number of carbonyl (C=O) groups is 1. The molecule has 0 amide bonds. The van der Waals surface area contributed by atoms with E-state index in [0.29, 0.717) is 35.4 Å². The van der Waals surface area contributed by atoms with E-state index in [2.05, 4.69) is 35.3 Å². The zero-order valence-electron chi connectivity index (χ0n) is 23.5. The van der Waals surface area contributed by atoms with Gasteiger partial charge in [0.15, 0.2) is 6.23 Å². The van der Waals surface area contributed by atoms with Crippen LogP contribution in [0, 0.1) is 5.41 Å². The first kappa shape index (κ1) is 29.9. The van der Waals surface area contributed by atoms with Crippen molar-refractivity contribution in [3.05, 3.63) is 100 Å². The molecule has 218 valence electrons. The second-order valence-corrected chi connectivity index (χ2v) is 12.3. The summed E-state index contributed by atoms with van der Waals surface area (Å²) < 4.78 is 13.3. The number of nitrogens with one attached hydrogen (secondary N) is 1. The Bertz CT molecular complexity index is 1300. The molecular formula is C33H38Cl2N2O4. The number of carboxylic acids is 1. The molecule has 1 unspecified atom stereocenters. The Morgan fingerprint density at radius 2 is 1.83 bits per heavy atom. The number of likely N-dealkylation sites (tertiary alicyclic amines) is 1. The van der Waals surface area contributed by atoms with Gasteiger partial charge in [-0.15, -0.1) is 0 Å². The normalized spacial score (nSPS) is 27.7. The van der Waals surface area contributed by atoms with E-state index < -0.39 is 17.6 Å². The van der Waals surface area contributed by atoms with Crippen LogP contribution in [-0.2, 0) is 9.53 Å². The van der Waals surface area contributed by atoms with Crippen LogP contribution in [0.15, 0.2) is 78.9 Å². The van der Waals surface area contributed by atoms with Crippen LogP contribution < -0.4 is 10.1 Å². The van der Waals surface area contributed by atoms with Crippen molar-refractivity contribution in [3.8, 4) is 5.75 Å². The van der Waals surface area contributed by atoms with E-state index in [1.165, 1.54) is 0 Å². The van der Waals surface area contributed by atoms with Gasteiger partial charge in [0.25, 0.3) is 0 Å². The van der Waals surface area contributed by atoms with Crippen LogP contribution in [0.5, 0.6) is 5.75 Å². The fourth-order valence-electron chi connectivity index (χ4n) is 6.74. The highest BCUT2D eigenvalue weighted by molar-refractivity contribution is 6.30. The average molecular weight is 598 g/mol. The lowest BCUT2D eigenvalue weighted by Crippen LogP contribution is -2.64. The maximum Gasteiger partial charge on any atom is 0.304 e. The van der Waals surface area contributed by atoms with Crippen molar-refractivity contribution in [2.75, 3.05) is 19.7 Å². The Labute approximate surface area is 252 Å². The molecule has 6 nitrogen and oxygen atoms in total. The first-order chi connectivity index (χ1) is 19.8. The fraction of sp³-hybridized carbons (Fsp3) is 0.424. The number of benzene rings is 3. The molecule has 3 aromatic rings. The van der Waals surface area contributed by atoms with Crippen molar-refractivity contribution in [2.24, 2.45) is 5.41 Å². The highest BCUT2D eigenvalue weighted by Gasteiger charge is 2.55. The minimum absolute atomic E-state index is 0.0500. The standard InChI is InChI=1S/C33H38Cl2N2O4/c1-3-28(29-21-36-16-17-40-29)37-31(22-12-14-24(34)15-13-22)27(23-8-7-9-25(35)18-23)19-33(2,20-30(38)39)32(37)41-26-10-5-4-6-11-26/h4-15,18,27-29,31-32,36H,3,16-17,19-21H2,1-2H3,(H,38,39)/t27-,28-,29+,31-,32?,33-/m1/s1. The third kappa shape index (κ3) is 6.73. The van der Waals surface area contributed by atoms with Crippen molar-refractivity contribution in [2.45, 2.75) is 63.4 Å². The zero-order valence-corrected chi connectivity index (χ0v) is 25.0. The number of piperidine rings is 1. The van der Waals surface area contributed by atoms with Crippen LogP contribution in [0.4, 0.5) is 0 Å². The van der Waals surface area contributed by atoms with Gasteiger partial charge in [-0.2, -0.15) is 0 Å². The van der Waals surface area contributed by atoms with Crippen LogP contribution in [0.2, 0.25) is 10.0 Å². The average Bonchev–Trinajstić information content (AvgIpc) is 2.96. The quantitative estimate of drug-likeness (QED) is 0.273. The second-order valence-electron chi connectivity index (χ2n) is 11.4. The van der Waals surface area contributed by atoms with Gasteiger partial charge in [-0.1, -0.05) is 79.5 Å². The molecule has 0 aromatic heterocycles. The van der Waals surface area contributed by atoms with Crippen LogP contribution in [0.25, 0.3) is 0 Å². The number of hydrogen-bond donors (Lipinski definition) is 2. The monoisotopic (exact) mass is 596 g/mol. The predicted molar refractivity (Wildman–Crippen MR) is 163 cm³/mol. The van der Waals surface area contributed by atoms with E-state index in [9.17, 15) is 9.90 Å². The number of ether oxygens (including phenoxy) is 2. The van der Waals surface area contributed by atoms with Gasteiger partial charge in [-0.3, -0.25) is 9.69 Å². The summed E-state index contributed by atoms with van der Waals surface area (Å²) in [6.45, 7) is 6.34. The summed E-state index contributed by atoms with van der Waals surface area (Å²) >= 11 is 12.9. The van der Waals surface area contributed by atoms with E-state index in [1.54, 1.807) is 0 Å². The fourth-order valence-corrected chi connectivity index (χ4v) is 7.07. The number of hydrogen-bond acceptors (Lipinski definition) is 5. The Kier molecular flexibility index (Phi) is 9.57. The van der Waals surface area contributed by atoms with Crippen molar-refractivity contribution in [1.82, 2.24) is 10.2 Å². The maximum absolute atomic E-state index is 12.5. The summed E-state index contributed by atoms with van der Waals surface area (Å²) in [5.74, 6) is -0.222. The minimum atomic E-state index is -0.854. The summed E-state index contributed by atoms with van der Waals surface area (Å²) in [7, 11) is 0. The topological polar surface area (TPSA) is 71.0 Å². The molecule has 2 saturated heterocycles. The Morgan fingerprint density at radius 1 is 1.07 bits per heavy atom. The van der Waals surface area contributed by atoms with Gasteiger partial charge in [0.1, 0.15) is 5.75 Å². The molecule has 6 atom stereocenters. The van der Waals surface area contributed by atoms with Crippen LogP contribution >= 0.6 is 23.2 Å². The Hall–Kier alpha value is -2.61. The molecule has 8 heteroatoms. The molecule has 2 aliphatic rings. The van der Waals surface area contributed by atoms with Gasteiger partial charge < -0.3 is 19.9 Å². The van der Waals surface area contributed by atoms with Gasteiger partial charge in [-0.25, -0.2) is 0 Å². The molecular weight excluding hydrogens is 559 g/mol. The maximum atomic E-state index is 12.5. The van der Waals surface area contributed by atoms with Gasteiger partial charge >= 0.3 is 5.97 Å². The molecule has 0 aliphatic carbocycles. The summed E-state index contributed by atoms with van der Waals surface area (Å²) in [6.07, 6.45) is 0.675. The van der Waals surface area contributed by atoms with Gasteiger partial charge in [0, 0.05) is 46.6 Å². The second kappa shape index (κ2) is 13.1. The first-order valence-electron chi connectivity index (χ1n) is 14.3. The van der Waals surface area contributed by atoms with Crippen molar-refractivity contribution in [1.29, 1.82) is 0 Å². The molecule has 2 aliphatic heterocycles. The number of halogens is 2. The van der Waals surface area contributed by atoms with Crippen molar-refractivity contribution < 1.29 is 19.4 Å². The number of morpholine rings is 1. The van der Waals surface area contributed by atoms with Gasteiger partial charge in [0.05, 0.1) is 19.1 Å².